The Morgan fingerprint density at radius 1 is 0.821 bits per heavy atom. The van der Waals surface area contributed by atoms with E-state index in [-0.39, 0.29) is 16.7 Å². The lowest BCUT2D eigenvalue weighted by atomic mass is 10.2. The lowest BCUT2D eigenvalue weighted by molar-refractivity contribution is -0.138. The summed E-state index contributed by atoms with van der Waals surface area (Å²) in [7, 11) is -4.42. The van der Waals surface area contributed by atoms with Crippen molar-refractivity contribution < 1.29 is 23.2 Å². The fourth-order valence-corrected chi connectivity index (χ4v) is 3.57. The third-order valence-electron chi connectivity index (χ3n) is 5.55. The van der Waals surface area contributed by atoms with Gasteiger partial charge in [-0.25, -0.2) is 4.79 Å². The van der Waals surface area contributed by atoms with Crippen LogP contribution in [-0.4, -0.2) is 46.9 Å². The van der Waals surface area contributed by atoms with Crippen molar-refractivity contribution in [3.63, 3.8) is 0 Å². The number of amides is 1. The monoisotopic (exact) mass is 433 g/mol. The number of hydrogen-bond donors (Lipinski definition) is 1. The van der Waals surface area contributed by atoms with Gasteiger partial charge in [-0.15, -0.1) is 0 Å². The van der Waals surface area contributed by atoms with Gasteiger partial charge in [-0.1, -0.05) is 41.5 Å². The van der Waals surface area contributed by atoms with Gasteiger partial charge >= 0.3 is 12.1 Å². The maximum absolute atomic E-state index is 13.0. The van der Waals surface area contributed by atoms with Gasteiger partial charge in [0.2, 0.25) is 0 Å². The van der Waals surface area contributed by atoms with E-state index in [0.29, 0.717) is 0 Å². The van der Waals surface area contributed by atoms with E-state index in [4.69, 9.17) is 13.6 Å². The molecule has 0 saturated carbocycles. The summed E-state index contributed by atoms with van der Waals surface area (Å²) in [6.45, 7) is 26.2. The molecule has 0 bridgehead atoms. The van der Waals surface area contributed by atoms with Crippen LogP contribution in [0.25, 0.3) is 0 Å². The lowest BCUT2D eigenvalue weighted by Crippen LogP contribution is -2.53. The number of ether oxygens (including phenoxy) is 1. The zero-order valence-corrected chi connectivity index (χ0v) is 22.3. The standard InChI is InChI=1S/C20H43NO5Si2/c1-18(2,3)25-17(23)21-15(14-24-27(10,11)19(4,5)6)16(22)26-28(12,13)20(7,8)9/h15H,14H2,1-13H3,(H,21,23)/t15-/m0/s1. The van der Waals surface area contributed by atoms with Gasteiger partial charge in [0.25, 0.3) is 8.32 Å². The molecule has 8 heteroatoms. The minimum atomic E-state index is -2.33. The Morgan fingerprint density at radius 3 is 1.61 bits per heavy atom. The molecule has 0 radical (unpaired) electrons. The van der Waals surface area contributed by atoms with Gasteiger partial charge in [0, 0.05) is 0 Å². The van der Waals surface area contributed by atoms with E-state index in [0.717, 1.165) is 0 Å². The summed E-state index contributed by atoms with van der Waals surface area (Å²) in [4.78, 5) is 25.2. The molecule has 0 aromatic rings. The van der Waals surface area contributed by atoms with E-state index in [1.54, 1.807) is 20.8 Å². The molecular formula is C20H43NO5Si2. The number of carbonyl (C=O) groups is 2. The minimum Gasteiger partial charge on any atom is -0.518 e. The first kappa shape index (κ1) is 27.1. The minimum absolute atomic E-state index is 0.00714. The molecule has 28 heavy (non-hydrogen) atoms. The van der Waals surface area contributed by atoms with Crippen LogP contribution in [0.1, 0.15) is 62.3 Å². The largest absolute Gasteiger partial charge is 0.518 e. The van der Waals surface area contributed by atoms with Crippen LogP contribution in [0, 0.1) is 0 Å². The predicted molar refractivity (Wildman–Crippen MR) is 120 cm³/mol. The topological polar surface area (TPSA) is 73.9 Å². The summed E-state index contributed by atoms with van der Waals surface area (Å²) < 4.78 is 17.4. The fourth-order valence-electron chi connectivity index (χ4n) is 1.60. The van der Waals surface area contributed by atoms with Crippen LogP contribution >= 0.6 is 0 Å². The molecule has 0 aromatic carbocycles. The van der Waals surface area contributed by atoms with Gasteiger partial charge in [0.15, 0.2) is 14.4 Å². The summed E-state index contributed by atoms with van der Waals surface area (Å²) in [5.41, 5.74) is -0.655. The summed E-state index contributed by atoms with van der Waals surface area (Å²) in [5, 5.41) is 2.52. The van der Waals surface area contributed by atoms with Gasteiger partial charge in [-0.05, 0) is 57.0 Å². The predicted octanol–water partition coefficient (Wildman–Crippen LogP) is 5.45. The molecule has 166 valence electrons. The molecule has 0 aliphatic heterocycles. The van der Waals surface area contributed by atoms with Crippen molar-refractivity contribution in [3.8, 4) is 0 Å². The van der Waals surface area contributed by atoms with Crippen molar-refractivity contribution in [1.29, 1.82) is 0 Å². The van der Waals surface area contributed by atoms with E-state index in [1.165, 1.54) is 0 Å². The summed E-state index contributed by atoms with van der Waals surface area (Å²) >= 11 is 0. The van der Waals surface area contributed by atoms with Crippen LogP contribution in [0.5, 0.6) is 0 Å². The first-order valence-electron chi connectivity index (χ1n) is 9.95. The van der Waals surface area contributed by atoms with E-state index in [9.17, 15) is 9.59 Å². The van der Waals surface area contributed by atoms with Crippen molar-refractivity contribution in [2.24, 2.45) is 0 Å². The van der Waals surface area contributed by atoms with Crippen LogP contribution in [0.4, 0.5) is 4.79 Å². The Morgan fingerprint density at radius 2 is 1.25 bits per heavy atom. The highest BCUT2D eigenvalue weighted by Crippen LogP contribution is 2.38. The number of nitrogens with one attached hydrogen (secondary N) is 1. The quantitative estimate of drug-likeness (QED) is 0.564. The fraction of sp³-hybridized carbons (Fsp3) is 0.900. The maximum Gasteiger partial charge on any atom is 0.408 e. The van der Waals surface area contributed by atoms with Crippen LogP contribution in [0.2, 0.25) is 36.3 Å². The van der Waals surface area contributed by atoms with Crippen molar-refractivity contribution in [2.45, 2.75) is 110 Å². The van der Waals surface area contributed by atoms with Crippen molar-refractivity contribution in [2.75, 3.05) is 6.61 Å². The number of alkyl carbamates (subject to hydrolysis) is 1. The highest BCUT2D eigenvalue weighted by Gasteiger charge is 2.43. The molecule has 6 nitrogen and oxygen atoms in total. The number of hydrogen-bond acceptors (Lipinski definition) is 5. The summed E-state index contributed by atoms with van der Waals surface area (Å²) in [6.07, 6.45) is -0.650. The molecular weight excluding hydrogens is 390 g/mol. The van der Waals surface area contributed by atoms with Crippen molar-refractivity contribution in [3.05, 3.63) is 0 Å². The average molecular weight is 434 g/mol. The second-order valence-electron chi connectivity index (χ2n) is 11.5. The summed E-state index contributed by atoms with van der Waals surface area (Å²) in [5.74, 6) is -0.462. The number of rotatable bonds is 6. The number of carbonyl (C=O) groups excluding carboxylic acids is 2. The van der Waals surface area contributed by atoms with E-state index in [1.807, 2.05) is 13.1 Å². The molecule has 0 aromatic heterocycles. The molecule has 0 fully saturated rings. The average Bonchev–Trinajstić information content (AvgIpc) is 2.38. The highest BCUT2D eigenvalue weighted by molar-refractivity contribution is 6.75. The molecule has 0 heterocycles. The zero-order valence-electron chi connectivity index (χ0n) is 20.3. The summed E-state index contributed by atoms with van der Waals surface area (Å²) in [6, 6.07) is -0.905. The third-order valence-corrected chi connectivity index (χ3v) is 14.4. The van der Waals surface area contributed by atoms with Crippen LogP contribution in [0.15, 0.2) is 0 Å². The highest BCUT2D eigenvalue weighted by atomic mass is 28.4. The Balaban J connectivity index is 5.44. The van der Waals surface area contributed by atoms with Crippen LogP contribution in [0.3, 0.4) is 0 Å². The molecule has 0 rings (SSSR count). The lowest BCUT2D eigenvalue weighted by Gasteiger charge is -2.39. The molecule has 1 N–H and O–H groups in total. The van der Waals surface area contributed by atoms with E-state index < -0.39 is 40.3 Å². The van der Waals surface area contributed by atoms with Gasteiger partial charge in [-0.3, -0.25) is 4.79 Å². The van der Waals surface area contributed by atoms with Gasteiger partial charge < -0.3 is 18.9 Å². The van der Waals surface area contributed by atoms with E-state index in [2.05, 4.69) is 60.0 Å². The maximum atomic E-state index is 13.0. The second-order valence-corrected chi connectivity index (χ2v) is 21.0. The third kappa shape index (κ3) is 8.65. The Labute approximate surface area is 174 Å². The molecule has 0 aliphatic carbocycles. The van der Waals surface area contributed by atoms with Gasteiger partial charge in [-0.2, -0.15) is 0 Å². The first-order chi connectivity index (χ1) is 12.1. The van der Waals surface area contributed by atoms with Crippen LogP contribution in [-0.2, 0) is 18.4 Å². The molecule has 0 saturated heterocycles. The molecule has 0 aliphatic rings. The molecule has 1 atom stereocenters. The zero-order chi connectivity index (χ0) is 22.8. The van der Waals surface area contributed by atoms with Crippen LogP contribution < -0.4 is 5.32 Å². The van der Waals surface area contributed by atoms with Gasteiger partial charge in [0.05, 0.1) is 6.61 Å². The Hall–Kier alpha value is -0.866. The first-order valence-corrected chi connectivity index (χ1v) is 15.8. The SMILES string of the molecule is CC(C)(C)OC(=O)N[C@@H](CO[Si](C)(C)C(C)(C)C)C(=O)O[Si](C)(C)C(C)(C)C. The Kier molecular flexibility index (Phi) is 8.60. The van der Waals surface area contributed by atoms with E-state index >= 15 is 0 Å². The molecule has 0 unspecified atom stereocenters. The normalized spacial score (nSPS) is 15.0. The molecule has 0 spiro atoms. The Bertz CT molecular complexity index is 554. The molecule has 1 amide bonds. The smallest absolute Gasteiger partial charge is 0.408 e. The van der Waals surface area contributed by atoms with Gasteiger partial charge in [0.1, 0.15) is 5.60 Å². The second kappa shape index (κ2) is 8.87. The van der Waals surface area contributed by atoms with Crippen molar-refractivity contribution in [1.82, 2.24) is 5.32 Å². The van der Waals surface area contributed by atoms with Crippen molar-refractivity contribution >= 4 is 28.7 Å².